The molecule has 0 spiro atoms. The van der Waals surface area contributed by atoms with Crippen LogP contribution >= 0.6 is 0 Å². The first-order chi connectivity index (χ1) is 15.7. The number of hydrogen-bond acceptors (Lipinski definition) is 5. The fourth-order valence-corrected chi connectivity index (χ4v) is 3.42. The molecule has 3 N–H and O–H groups in total. The van der Waals surface area contributed by atoms with E-state index in [4.69, 9.17) is 4.74 Å². The molecule has 1 amide bonds. The first-order valence-electron chi connectivity index (χ1n) is 11.3. The topological polar surface area (TPSA) is 90.9 Å². The summed E-state index contributed by atoms with van der Waals surface area (Å²) >= 11 is 0. The van der Waals surface area contributed by atoms with Crippen molar-refractivity contribution in [1.82, 2.24) is 20.5 Å². The van der Waals surface area contributed by atoms with E-state index in [2.05, 4.69) is 30.8 Å². The van der Waals surface area contributed by atoms with Gasteiger partial charge in [0.05, 0.1) is 19.8 Å². The summed E-state index contributed by atoms with van der Waals surface area (Å²) in [5.41, 5.74) is 2.89. The van der Waals surface area contributed by atoms with E-state index in [-0.39, 0.29) is 5.91 Å². The van der Waals surface area contributed by atoms with Crippen molar-refractivity contribution in [2.45, 2.75) is 26.3 Å². The lowest BCUT2D eigenvalue weighted by atomic mass is 10.2. The number of morpholine rings is 1. The second kappa shape index (κ2) is 13.4. The molecule has 2 aromatic rings. The molecule has 0 aliphatic carbocycles. The van der Waals surface area contributed by atoms with Gasteiger partial charge in [0.1, 0.15) is 0 Å². The first kappa shape index (κ1) is 23.7. The Labute approximate surface area is 190 Å². The van der Waals surface area contributed by atoms with Gasteiger partial charge in [0.2, 0.25) is 5.91 Å². The molecule has 32 heavy (non-hydrogen) atoms. The standard InChI is InChI=1S/C24H34N6O2/c1-2-25-24(27-12-9-21-7-3-4-11-26-21)28-19-20-6-5-8-22(18-20)29-23(31)10-13-30-14-16-32-17-15-30/h3-8,11,18H,2,9-10,12-17,19H2,1H3,(H,29,31)(H2,25,27,28). The maximum atomic E-state index is 12.3. The fraction of sp³-hybridized carbons (Fsp3) is 0.458. The van der Waals surface area contributed by atoms with Gasteiger partial charge in [-0.3, -0.25) is 14.7 Å². The van der Waals surface area contributed by atoms with Gasteiger partial charge in [-0.25, -0.2) is 4.99 Å². The van der Waals surface area contributed by atoms with Gasteiger partial charge in [0, 0.05) is 63.1 Å². The Balaban J connectivity index is 1.46. The third-order valence-electron chi connectivity index (χ3n) is 5.13. The third-order valence-corrected chi connectivity index (χ3v) is 5.13. The predicted molar refractivity (Wildman–Crippen MR) is 128 cm³/mol. The minimum atomic E-state index is 0.0293. The van der Waals surface area contributed by atoms with Gasteiger partial charge in [-0.2, -0.15) is 0 Å². The average molecular weight is 439 g/mol. The van der Waals surface area contributed by atoms with E-state index >= 15 is 0 Å². The highest BCUT2D eigenvalue weighted by atomic mass is 16.5. The molecule has 172 valence electrons. The number of rotatable bonds is 10. The molecule has 1 aromatic carbocycles. The quantitative estimate of drug-likeness (QED) is 0.389. The van der Waals surface area contributed by atoms with Crippen molar-refractivity contribution in [1.29, 1.82) is 0 Å². The molecule has 0 unspecified atom stereocenters. The molecule has 8 heteroatoms. The van der Waals surface area contributed by atoms with Gasteiger partial charge in [0.25, 0.3) is 0 Å². The average Bonchev–Trinajstić information content (AvgIpc) is 2.83. The number of nitrogens with zero attached hydrogens (tertiary/aromatic N) is 3. The number of ether oxygens (including phenoxy) is 1. The lowest BCUT2D eigenvalue weighted by molar-refractivity contribution is -0.116. The third kappa shape index (κ3) is 8.64. The van der Waals surface area contributed by atoms with Gasteiger partial charge in [0.15, 0.2) is 5.96 Å². The summed E-state index contributed by atoms with van der Waals surface area (Å²) in [5, 5.41) is 9.62. The van der Waals surface area contributed by atoms with Gasteiger partial charge < -0.3 is 20.7 Å². The van der Waals surface area contributed by atoms with E-state index in [1.807, 2.05) is 55.6 Å². The summed E-state index contributed by atoms with van der Waals surface area (Å²) in [6.45, 7) is 8.15. The Morgan fingerprint density at radius 3 is 2.81 bits per heavy atom. The molecule has 3 rings (SSSR count). The Hall–Kier alpha value is -2.97. The van der Waals surface area contributed by atoms with Gasteiger partial charge >= 0.3 is 0 Å². The van der Waals surface area contributed by atoms with Crippen LogP contribution in [-0.4, -0.2) is 67.7 Å². The zero-order valence-corrected chi connectivity index (χ0v) is 18.8. The smallest absolute Gasteiger partial charge is 0.225 e. The maximum Gasteiger partial charge on any atom is 0.225 e. The van der Waals surface area contributed by atoms with Crippen molar-refractivity contribution < 1.29 is 9.53 Å². The summed E-state index contributed by atoms with van der Waals surface area (Å²) in [7, 11) is 0. The van der Waals surface area contributed by atoms with Gasteiger partial charge in [-0.1, -0.05) is 18.2 Å². The summed E-state index contributed by atoms with van der Waals surface area (Å²) in [5.74, 6) is 0.796. The molecule has 8 nitrogen and oxygen atoms in total. The number of amides is 1. The number of anilines is 1. The van der Waals surface area contributed by atoms with Crippen LogP contribution in [-0.2, 0) is 22.5 Å². The zero-order chi connectivity index (χ0) is 22.4. The number of nitrogens with one attached hydrogen (secondary N) is 3. The van der Waals surface area contributed by atoms with Crippen LogP contribution in [0.5, 0.6) is 0 Å². The predicted octanol–water partition coefficient (Wildman–Crippen LogP) is 2.04. The lowest BCUT2D eigenvalue weighted by Crippen LogP contribution is -2.38. The number of guanidine groups is 1. The van der Waals surface area contributed by atoms with Crippen LogP contribution in [0.15, 0.2) is 53.7 Å². The SMILES string of the molecule is CCNC(=NCc1cccc(NC(=O)CCN2CCOCC2)c1)NCCc1ccccn1. The maximum absolute atomic E-state index is 12.3. The van der Waals surface area contributed by atoms with E-state index in [0.717, 1.165) is 75.3 Å². The largest absolute Gasteiger partial charge is 0.379 e. The van der Waals surface area contributed by atoms with Crippen LogP contribution < -0.4 is 16.0 Å². The van der Waals surface area contributed by atoms with Crippen LogP contribution in [0.4, 0.5) is 5.69 Å². The second-order valence-electron chi connectivity index (χ2n) is 7.65. The molecule has 0 bridgehead atoms. The van der Waals surface area contributed by atoms with E-state index in [1.54, 1.807) is 0 Å². The molecule has 0 radical (unpaired) electrons. The highest BCUT2D eigenvalue weighted by Gasteiger charge is 2.12. The van der Waals surface area contributed by atoms with Crippen LogP contribution in [0, 0.1) is 0 Å². The van der Waals surface area contributed by atoms with Crippen LogP contribution in [0.2, 0.25) is 0 Å². The Morgan fingerprint density at radius 1 is 1.16 bits per heavy atom. The van der Waals surface area contributed by atoms with Crippen LogP contribution in [0.25, 0.3) is 0 Å². The number of carbonyl (C=O) groups is 1. The number of benzene rings is 1. The molecule has 1 saturated heterocycles. The molecule has 1 aliphatic heterocycles. The van der Waals surface area contributed by atoms with Crippen molar-refractivity contribution >= 4 is 17.6 Å². The van der Waals surface area contributed by atoms with Crippen molar-refractivity contribution in [2.75, 3.05) is 51.3 Å². The highest BCUT2D eigenvalue weighted by molar-refractivity contribution is 5.90. The van der Waals surface area contributed by atoms with E-state index in [0.29, 0.717) is 13.0 Å². The van der Waals surface area contributed by atoms with E-state index < -0.39 is 0 Å². The molecule has 1 fully saturated rings. The second-order valence-corrected chi connectivity index (χ2v) is 7.65. The number of carbonyl (C=O) groups excluding carboxylic acids is 1. The van der Waals surface area contributed by atoms with Gasteiger partial charge in [-0.05, 0) is 36.8 Å². The number of aliphatic imine (C=N–C) groups is 1. The summed E-state index contributed by atoms with van der Waals surface area (Å²) < 4.78 is 5.35. The summed E-state index contributed by atoms with van der Waals surface area (Å²) in [6, 6.07) is 13.8. The zero-order valence-electron chi connectivity index (χ0n) is 18.8. The molecular formula is C24H34N6O2. The van der Waals surface area contributed by atoms with E-state index in [9.17, 15) is 4.79 Å². The first-order valence-corrected chi connectivity index (χ1v) is 11.3. The summed E-state index contributed by atoms with van der Waals surface area (Å²) in [6.07, 6.45) is 3.12. The monoisotopic (exact) mass is 438 g/mol. The molecule has 1 aromatic heterocycles. The number of aromatic nitrogens is 1. The van der Waals surface area contributed by atoms with E-state index in [1.165, 1.54) is 0 Å². The minimum absolute atomic E-state index is 0.0293. The number of hydrogen-bond donors (Lipinski definition) is 3. The fourth-order valence-electron chi connectivity index (χ4n) is 3.42. The molecule has 2 heterocycles. The van der Waals surface area contributed by atoms with Crippen molar-refractivity contribution in [2.24, 2.45) is 4.99 Å². The minimum Gasteiger partial charge on any atom is -0.379 e. The molecule has 0 atom stereocenters. The molecule has 0 saturated carbocycles. The van der Waals surface area contributed by atoms with Crippen molar-refractivity contribution in [3.8, 4) is 0 Å². The van der Waals surface area contributed by atoms with Crippen LogP contribution in [0.1, 0.15) is 24.6 Å². The highest BCUT2D eigenvalue weighted by Crippen LogP contribution is 2.12. The van der Waals surface area contributed by atoms with Crippen molar-refractivity contribution in [3.05, 3.63) is 59.9 Å². The van der Waals surface area contributed by atoms with Crippen molar-refractivity contribution in [3.63, 3.8) is 0 Å². The normalized spacial score (nSPS) is 14.7. The summed E-state index contributed by atoms with van der Waals surface area (Å²) in [4.78, 5) is 23.6. The lowest BCUT2D eigenvalue weighted by Gasteiger charge is -2.26. The Kier molecular flexibility index (Phi) is 9.95. The molecule has 1 aliphatic rings. The van der Waals surface area contributed by atoms with Gasteiger partial charge in [-0.15, -0.1) is 0 Å². The molecular weight excluding hydrogens is 404 g/mol. The Morgan fingerprint density at radius 2 is 2.03 bits per heavy atom. The Bertz CT molecular complexity index is 853. The van der Waals surface area contributed by atoms with Crippen LogP contribution in [0.3, 0.4) is 0 Å². The number of pyridine rings is 1.